The third-order valence-corrected chi connectivity index (χ3v) is 6.68. The van der Waals surface area contributed by atoms with E-state index in [1.54, 1.807) is 13.1 Å². The van der Waals surface area contributed by atoms with Gasteiger partial charge in [0.25, 0.3) is 0 Å². The maximum absolute atomic E-state index is 13.2. The third kappa shape index (κ3) is 4.00. The van der Waals surface area contributed by atoms with E-state index >= 15 is 0 Å². The van der Waals surface area contributed by atoms with Gasteiger partial charge in [-0.2, -0.15) is 0 Å². The zero-order valence-electron chi connectivity index (χ0n) is 15.7. The van der Waals surface area contributed by atoms with Crippen LogP contribution in [0.1, 0.15) is 30.9 Å². The quantitative estimate of drug-likeness (QED) is 0.824. The van der Waals surface area contributed by atoms with Gasteiger partial charge in [-0.25, -0.2) is 9.78 Å². The maximum Gasteiger partial charge on any atom is 0.324 e. The van der Waals surface area contributed by atoms with Crippen molar-refractivity contribution < 1.29 is 9.59 Å². The molecule has 1 aliphatic heterocycles. The van der Waals surface area contributed by atoms with Gasteiger partial charge in [-0.05, 0) is 36.8 Å². The fourth-order valence-electron chi connectivity index (χ4n) is 4.29. The lowest BCUT2D eigenvalue weighted by Gasteiger charge is -2.41. The molecule has 0 radical (unpaired) electrons. The Hall–Kier alpha value is -2.12. The van der Waals surface area contributed by atoms with Crippen molar-refractivity contribution in [1.82, 2.24) is 14.8 Å². The van der Waals surface area contributed by atoms with Crippen molar-refractivity contribution in [3.05, 3.63) is 45.9 Å². The van der Waals surface area contributed by atoms with Gasteiger partial charge in [-0.1, -0.05) is 47.2 Å². The number of piperidine rings is 1. The van der Waals surface area contributed by atoms with Crippen LogP contribution in [0.2, 0.25) is 4.34 Å². The van der Waals surface area contributed by atoms with Gasteiger partial charge in [0.1, 0.15) is 4.34 Å². The van der Waals surface area contributed by atoms with Crippen molar-refractivity contribution in [2.45, 2.75) is 44.7 Å². The van der Waals surface area contributed by atoms with E-state index in [0.717, 1.165) is 25.7 Å². The second-order valence-corrected chi connectivity index (χ2v) is 9.04. The summed E-state index contributed by atoms with van der Waals surface area (Å²) in [6, 6.07) is 8.47. The molecule has 1 N–H and O–H groups in total. The summed E-state index contributed by atoms with van der Waals surface area (Å²) in [7, 11) is 0. The summed E-state index contributed by atoms with van der Waals surface area (Å²) in [4.78, 5) is 32.9. The number of thiazole rings is 1. The molecule has 8 heteroatoms. The first-order valence-corrected chi connectivity index (χ1v) is 10.7. The molecule has 0 unspecified atom stereocenters. The Kier molecular flexibility index (Phi) is 5.55. The van der Waals surface area contributed by atoms with E-state index in [0.29, 0.717) is 22.6 Å². The van der Waals surface area contributed by atoms with Crippen LogP contribution in [0.4, 0.5) is 9.93 Å². The van der Waals surface area contributed by atoms with Crippen molar-refractivity contribution in [2.75, 3.05) is 18.4 Å². The fraction of sp³-hybridized carbons (Fsp3) is 0.450. The molecule has 148 valence electrons. The summed E-state index contributed by atoms with van der Waals surface area (Å²) in [5.41, 5.74) is 2.62. The molecular formula is C20H23ClN4O2S. The van der Waals surface area contributed by atoms with Crippen LogP contribution < -0.4 is 5.32 Å². The largest absolute Gasteiger partial charge is 0.343 e. The number of benzene rings is 1. The number of aromatic nitrogens is 1. The monoisotopic (exact) mass is 418 g/mol. The van der Waals surface area contributed by atoms with Crippen LogP contribution in [0.15, 0.2) is 30.5 Å². The highest BCUT2D eigenvalue weighted by Crippen LogP contribution is 2.31. The molecule has 2 aromatic rings. The Labute approximate surface area is 173 Å². The number of likely N-dealkylation sites (tertiary alicyclic amines) is 1. The van der Waals surface area contributed by atoms with Gasteiger partial charge in [0.2, 0.25) is 5.91 Å². The van der Waals surface area contributed by atoms with Crippen LogP contribution in [0, 0.1) is 0 Å². The number of anilines is 1. The molecule has 3 amide bonds. The summed E-state index contributed by atoms with van der Waals surface area (Å²) < 4.78 is 0.546. The minimum absolute atomic E-state index is 0.0974. The highest BCUT2D eigenvalue weighted by molar-refractivity contribution is 7.19. The van der Waals surface area contributed by atoms with Gasteiger partial charge in [-0.15, -0.1) is 0 Å². The molecule has 1 fully saturated rings. The van der Waals surface area contributed by atoms with Gasteiger partial charge in [0, 0.05) is 32.1 Å². The van der Waals surface area contributed by atoms with Crippen LogP contribution in [-0.2, 0) is 17.6 Å². The molecule has 6 nitrogen and oxygen atoms in total. The number of nitrogens with zero attached hydrogens (tertiary/aromatic N) is 3. The van der Waals surface area contributed by atoms with Crippen LogP contribution >= 0.6 is 22.9 Å². The summed E-state index contributed by atoms with van der Waals surface area (Å²) in [5.74, 6) is 0.0974. The molecule has 2 aliphatic rings. The zero-order valence-corrected chi connectivity index (χ0v) is 17.3. The second kappa shape index (κ2) is 8.09. The lowest BCUT2D eigenvalue weighted by Crippen LogP contribution is -2.54. The summed E-state index contributed by atoms with van der Waals surface area (Å²) in [5, 5.41) is 3.44. The average molecular weight is 419 g/mol. The first-order chi connectivity index (χ1) is 13.5. The fourth-order valence-corrected chi connectivity index (χ4v) is 5.09. The number of amides is 3. The van der Waals surface area contributed by atoms with E-state index in [2.05, 4.69) is 34.6 Å². The molecule has 0 spiro atoms. The number of fused-ring (bicyclic) bond motifs is 1. The Morgan fingerprint density at radius 2 is 1.82 bits per heavy atom. The van der Waals surface area contributed by atoms with Gasteiger partial charge >= 0.3 is 6.03 Å². The molecule has 0 saturated carbocycles. The highest BCUT2D eigenvalue weighted by Gasteiger charge is 2.36. The van der Waals surface area contributed by atoms with Crippen LogP contribution in [0.25, 0.3) is 0 Å². The number of halogens is 1. The van der Waals surface area contributed by atoms with Crippen LogP contribution in [0.5, 0.6) is 0 Å². The topological polar surface area (TPSA) is 65.5 Å². The number of hydrogen-bond donors (Lipinski definition) is 1. The smallest absolute Gasteiger partial charge is 0.324 e. The molecule has 1 aromatic heterocycles. The van der Waals surface area contributed by atoms with Gasteiger partial charge in [0.15, 0.2) is 5.13 Å². The van der Waals surface area contributed by atoms with Gasteiger partial charge < -0.3 is 9.80 Å². The first kappa shape index (κ1) is 19.2. The first-order valence-electron chi connectivity index (χ1n) is 9.54. The second-order valence-electron chi connectivity index (χ2n) is 7.37. The number of rotatable bonds is 3. The molecule has 28 heavy (non-hydrogen) atoms. The normalized spacial score (nSPS) is 17.4. The van der Waals surface area contributed by atoms with E-state index in [-0.39, 0.29) is 24.0 Å². The van der Waals surface area contributed by atoms with Crippen molar-refractivity contribution >= 4 is 40.0 Å². The van der Waals surface area contributed by atoms with Crippen molar-refractivity contribution in [3.8, 4) is 0 Å². The molecule has 4 rings (SSSR count). The van der Waals surface area contributed by atoms with E-state index in [1.165, 1.54) is 22.5 Å². The van der Waals surface area contributed by atoms with Gasteiger partial charge in [-0.3, -0.25) is 10.1 Å². The van der Waals surface area contributed by atoms with Crippen molar-refractivity contribution in [3.63, 3.8) is 0 Å². The predicted octanol–water partition coefficient (Wildman–Crippen LogP) is 3.81. The maximum atomic E-state index is 13.2. The van der Waals surface area contributed by atoms with E-state index in [9.17, 15) is 9.59 Å². The Bertz CT molecular complexity index is 854. The van der Waals surface area contributed by atoms with Crippen LogP contribution in [0.3, 0.4) is 0 Å². The van der Waals surface area contributed by atoms with E-state index < -0.39 is 0 Å². The minimum atomic E-state index is -0.134. The Morgan fingerprint density at radius 1 is 1.18 bits per heavy atom. The lowest BCUT2D eigenvalue weighted by atomic mass is 10.00. The number of nitrogens with one attached hydrogen (secondary N) is 1. The number of hydrogen-bond acceptors (Lipinski definition) is 4. The molecule has 0 bridgehead atoms. The SMILES string of the molecule is CC(=O)N1CCC(N(C(=O)Nc2ncc(Cl)s2)C2Cc3ccccc3C2)CC1. The summed E-state index contributed by atoms with van der Waals surface area (Å²) in [6.07, 6.45) is 4.84. The summed E-state index contributed by atoms with van der Waals surface area (Å²) >= 11 is 7.22. The minimum Gasteiger partial charge on any atom is -0.343 e. The predicted molar refractivity (Wildman–Crippen MR) is 111 cm³/mol. The Balaban J connectivity index is 1.53. The number of carbonyl (C=O) groups excluding carboxylic acids is 2. The van der Waals surface area contributed by atoms with Crippen LogP contribution in [-0.4, -0.2) is 51.9 Å². The molecular weight excluding hydrogens is 396 g/mol. The third-order valence-electron chi connectivity index (χ3n) is 5.65. The standard InChI is InChI=1S/C20H23ClN4O2S/c1-13(26)24-8-6-16(7-9-24)25(20(27)23-19-22-12-18(21)28-19)17-10-14-4-2-3-5-15(14)11-17/h2-5,12,16-17H,6-11H2,1H3,(H,22,23,27). The number of carbonyl (C=O) groups is 2. The van der Waals surface area contributed by atoms with Crippen molar-refractivity contribution in [2.24, 2.45) is 0 Å². The van der Waals surface area contributed by atoms with E-state index in [4.69, 9.17) is 11.6 Å². The highest BCUT2D eigenvalue weighted by atomic mass is 35.5. The van der Waals surface area contributed by atoms with Crippen molar-refractivity contribution in [1.29, 1.82) is 0 Å². The van der Waals surface area contributed by atoms with Gasteiger partial charge in [0.05, 0.1) is 6.20 Å². The molecule has 1 saturated heterocycles. The molecule has 0 atom stereocenters. The summed E-state index contributed by atoms with van der Waals surface area (Å²) in [6.45, 7) is 2.98. The van der Waals surface area contributed by atoms with E-state index in [1.807, 2.05) is 9.80 Å². The Morgan fingerprint density at radius 3 is 2.36 bits per heavy atom. The number of urea groups is 1. The molecule has 2 heterocycles. The molecule has 1 aromatic carbocycles. The average Bonchev–Trinajstić information content (AvgIpc) is 3.28. The molecule has 1 aliphatic carbocycles. The lowest BCUT2D eigenvalue weighted by molar-refractivity contribution is -0.130. The zero-order chi connectivity index (χ0) is 19.7.